The molecule has 0 spiro atoms. The third kappa shape index (κ3) is 12.0. The molecule has 0 aliphatic heterocycles. The summed E-state index contributed by atoms with van der Waals surface area (Å²) < 4.78 is 0. The van der Waals surface area contributed by atoms with E-state index in [1.807, 2.05) is 0 Å². The fraction of sp³-hybridized carbons (Fsp3) is 0.917. The lowest BCUT2D eigenvalue weighted by Crippen LogP contribution is -1.86. The third-order valence-corrected chi connectivity index (χ3v) is 2.72. The molecule has 0 N–H and O–H groups in total. The molecule has 0 bridgehead atoms. The molecule has 0 saturated heterocycles. The highest BCUT2D eigenvalue weighted by atomic mass is 32.1. The predicted octanol–water partition coefficient (Wildman–Crippen LogP) is 4.36. The average Bonchev–Trinajstić information content (AvgIpc) is 2.15. The molecule has 2 heteroatoms. The third-order valence-electron chi connectivity index (χ3n) is 2.49. The van der Waals surface area contributed by atoms with E-state index in [1.54, 1.807) is 0 Å². The maximum absolute atomic E-state index is 10.5. The van der Waals surface area contributed by atoms with Crippen molar-refractivity contribution in [3.63, 3.8) is 0 Å². The molecule has 14 heavy (non-hydrogen) atoms. The first-order valence-electron chi connectivity index (χ1n) is 5.99. The Morgan fingerprint density at radius 3 is 1.71 bits per heavy atom. The topological polar surface area (TPSA) is 17.1 Å². The van der Waals surface area contributed by atoms with E-state index in [9.17, 15) is 4.79 Å². The van der Waals surface area contributed by atoms with Gasteiger partial charge in [-0.15, -0.1) is 12.6 Å². The van der Waals surface area contributed by atoms with Crippen molar-refractivity contribution in [2.24, 2.45) is 0 Å². The molecule has 0 radical (unpaired) electrons. The Labute approximate surface area is 94.1 Å². The molecule has 0 saturated carbocycles. The van der Waals surface area contributed by atoms with Crippen LogP contribution in [-0.4, -0.2) is 5.12 Å². The van der Waals surface area contributed by atoms with E-state index < -0.39 is 0 Å². The van der Waals surface area contributed by atoms with Gasteiger partial charge < -0.3 is 0 Å². The Balaban J connectivity index is 2.88. The molecular weight excluding hydrogens is 192 g/mol. The van der Waals surface area contributed by atoms with Crippen molar-refractivity contribution in [1.29, 1.82) is 0 Å². The number of rotatable bonds is 10. The normalized spacial score (nSPS) is 10.4. The van der Waals surface area contributed by atoms with E-state index in [2.05, 4.69) is 19.6 Å². The van der Waals surface area contributed by atoms with Gasteiger partial charge in [0.15, 0.2) is 5.12 Å². The lowest BCUT2D eigenvalue weighted by molar-refractivity contribution is -0.110. The lowest BCUT2D eigenvalue weighted by Gasteiger charge is -2.00. The van der Waals surface area contributed by atoms with E-state index in [4.69, 9.17) is 0 Å². The smallest absolute Gasteiger partial charge is 0.185 e. The molecule has 84 valence electrons. The first-order chi connectivity index (χ1) is 6.77. The van der Waals surface area contributed by atoms with Crippen molar-refractivity contribution < 1.29 is 4.79 Å². The largest absolute Gasteiger partial charge is 0.288 e. The van der Waals surface area contributed by atoms with Crippen molar-refractivity contribution in [3.8, 4) is 0 Å². The van der Waals surface area contributed by atoms with Gasteiger partial charge in [0.1, 0.15) is 0 Å². The lowest BCUT2D eigenvalue weighted by atomic mass is 10.1. The number of unbranched alkanes of at least 4 members (excludes halogenated alkanes) is 8. The van der Waals surface area contributed by atoms with E-state index in [0.717, 1.165) is 6.42 Å². The first-order valence-corrected chi connectivity index (χ1v) is 6.44. The fourth-order valence-electron chi connectivity index (χ4n) is 1.59. The van der Waals surface area contributed by atoms with E-state index in [-0.39, 0.29) is 5.12 Å². The fourth-order valence-corrected chi connectivity index (χ4v) is 1.74. The molecular formula is C12H24OS. The summed E-state index contributed by atoms with van der Waals surface area (Å²) in [4.78, 5) is 10.5. The molecule has 0 atom stereocenters. The van der Waals surface area contributed by atoms with Crippen molar-refractivity contribution in [2.75, 3.05) is 0 Å². The van der Waals surface area contributed by atoms with Gasteiger partial charge in [0.05, 0.1) is 0 Å². The summed E-state index contributed by atoms with van der Waals surface area (Å²) >= 11 is 3.74. The zero-order valence-corrected chi connectivity index (χ0v) is 10.3. The van der Waals surface area contributed by atoms with Crippen LogP contribution in [0.1, 0.15) is 71.1 Å². The standard InChI is InChI=1S/C12H24OS/c1-2-3-4-5-6-7-8-9-10-11-12(13)14/h2-11H2,1H3,(H,13,14). The molecule has 0 fully saturated rings. The highest BCUT2D eigenvalue weighted by molar-refractivity contribution is 7.96. The van der Waals surface area contributed by atoms with Crippen LogP contribution in [0.5, 0.6) is 0 Å². The Morgan fingerprint density at radius 2 is 1.29 bits per heavy atom. The minimum absolute atomic E-state index is 0.0351. The summed E-state index contributed by atoms with van der Waals surface area (Å²) in [6, 6.07) is 0. The van der Waals surface area contributed by atoms with Crippen LogP contribution in [0.25, 0.3) is 0 Å². The quantitative estimate of drug-likeness (QED) is 0.424. The van der Waals surface area contributed by atoms with Crippen molar-refractivity contribution in [3.05, 3.63) is 0 Å². The molecule has 0 aliphatic carbocycles. The molecule has 0 aromatic rings. The zero-order chi connectivity index (χ0) is 10.6. The van der Waals surface area contributed by atoms with Gasteiger partial charge in [0.2, 0.25) is 0 Å². The van der Waals surface area contributed by atoms with E-state index in [1.165, 1.54) is 51.4 Å². The van der Waals surface area contributed by atoms with Gasteiger partial charge in [-0.05, 0) is 6.42 Å². The molecule has 0 aliphatic rings. The molecule has 0 rings (SSSR count). The summed E-state index contributed by atoms with van der Waals surface area (Å²) in [6.45, 7) is 2.24. The average molecular weight is 216 g/mol. The number of hydrogen-bond acceptors (Lipinski definition) is 1. The van der Waals surface area contributed by atoms with Gasteiger partial charge in [0.25, 0.3) is 0 Å². The van der Waals surface area contributed by atoms with E-state index in [0.29, 0.717) is 6.42 Å². The van der Waals surface area contributed by atoms with Crippen LogP contribution in [0.2, 0.25) is 0 Å². The maximum Gasteiger partial charge on any atom is 0.185 e. The number of thiol groups is 1. The number of hydrogen-bond donors (Lipinski definition) is 1. The van der Waals surface area contributed by atoms with Crippen LogP contribution in [0, 0.1) is 0 Å². The van der Waals surface area contributed by atoms with Gasteiger partial charge in [-0.3, -0.25) is 4.79 Å². The Morgan fingerprint density at radius 1 is 0.857 bits per heavy atom. The van der Waals surface area contributed by atoms with Gasteiger partial charge in [0, 0.05) is 6.42 Å². The van der Waals surface area contributed by atoms with Crippen LogP contribution in [0.15, 0.2) is 0 Å². The summed E-state index contributed by atoms with van der Waals surface area (Å²) in [7, 11) is 0. The summed E-state index contributed by atoms with van der Waals surface area (Å²) in [5.41, 5.74) is 0. The van der Waals surface area contributed by atoms with Crippen molar-refractivity contribution >= 4 is 17.7 Å². The van der Waals surface area contributed by atoms with Gasteiger partial charge in [-0.1, -0.05) is 58.3 Å². The number of carbonyl (C=O) groups excluding carboxylic acids is 1. The molecule has 0 aromatic carbocycles. The maximum atomic E-state index is 10.5. The van der Waals surface area contributed by atoms with Crippen LogP contribution >= 0.6 is 12.6 Å². The van der Waals surface area contributed by atoms with Crippen LogP contribution < -0.4 is 0 Å². The summed E-state index contributed by atoms with van der Waals surface area (Å²) in [5.74, 6) is 0. The predicted molar refractivity (Wildman–Crippen MR) is 65.8 cm³/mol. The van der Waals surface area contributed by atoms with Crippen LogP contribution in [0.4, 0.5) is 0 Å². The van der Waals surface area contributed by atoms with Crippen molar-refractivity contribution in [2.45, 2.75) is 71.1 Å². The highest BCUT2D eigenvalue weighted by Gasteiger charge is 1.94. The zero-order valence-electron chi connectivity index (χ0n) is 9.43. The van der Waals surface area contributed by atoms with Crippen LogP contribution in [0.3, 0.4) is 0 Å². The molecule has 0 unspecified atom stereocenters. The van der Waals surface area contributed by atoms with Gasteiger partial charge in [-0.25, -0.2) is 0 Å². The Hall–Kier alpha value is 0.0200. The minimum Gasteiger partial charge on any atom is -0.288 e. The Bertz CT molecular complexity index is 134. The van der Waals surface area contributed by atoms with Gasteiger partial charge >= 0.3 is 0 Å². The highest BCUT2D eigenvalue weighted by Crippen LogP contribution is 2.10. The minimum atomic E-state index is 0.0351. The molecule has 1 nitrogen and oxygen atoms in total. The molecule has 0 amide bonds. The molecule has 0 aromatic heterocycles. The van der Waals surface area contributed by atoms with Gasteiger partial charge in [-0.2, -0.15) is 0 Å². The summed E-state index contributed by atoms with van der Waals surface area (Å²) in [6.07, 6.45) is 12.4. The second kappa shape index (κ2) is 11.1. The summed E-state index contributed by atoms with van der Waals surface area (Å²) in [5, 5.41) is 0.0351. The van der Waals surface area contributed by atoms with Crippen LogP contribution in [-0.2, 0) is 4.79 Å². The van der Waals surface area contributed by atoms with E-state index >= 15 is 0 Å². The SMILES string of the molecule is CCCCCCCCCCCC(=O)S. The first kappa shape index (κ1) is 14.0. The second-order valence-electron chi connectivity index (χ2n) is 3.97. The second-order valence-corrected chi connectivity index (χ2v) is 4.47. The monoisotopic (exact) mass is 216 g/mol. The number of carbonyl (C=O) groups is 1. The Kier molecular flexibility index (Phi) is 11.1. The van der Waals surface area contributed by atoms with Crippen molar-refractivity contribution in [1.82, 2.24) is 0 Å². The molecule has 0 heterocycles.